The predicted octanol–water partition coefficient (Wildman–Crippen LogP) is 5.57. The highest BCUT2D eigenvalue weighted by Crippen LogP contribution is 2.38. The molecule has 0 unspecified atom stereocenters. The van der Waals surface area contributed by atoms with Crippen LogP contribution < -0.4 is 5.32 Å². The molecule has 1 N–H and O–H groups in total. The third-order valence-corrected chi connectivity index (χ3v) is 4.27. The van der Waals surface area contributed by atoms with Gasteiger partial charge in [-0.05, 0) is 36.1 Å². The summed E-state index contributed by atoms with van der Waals surface area (Å²) in [6.45, 7) is 0.829. The molecular formula is C16H14Cl3N. The van der Waals surface area contributed by atoms with E-state index in [4.69, 9.17) is 34.8 Å². The third kappa shape index (κ3) is 3.12. The Labute approximate surface area is 133 Å². The van der Waals surface area contributed by atoms with E-state index in [0.29, 0.717) is 21.1 Å². The number of benzene rings is 2. The molecule has 0 heterocycles. The molecule has 0 radical (unpaired) electrons. The number of rotatable bonds is 4. The molecule has 0 amide bonds. The minimum Gasteiger partial charge on any atom is -0.310 e. The lowest BCUT2D eigenvalue weighted by molar-refractivity contribution is 0.689. The number of hydrogen-bond acceptors (Lipinski definition) is 1. The summed E-state index contributed by atoms with van der Waals surface area (Å²) in [6.07, 6.45) is 2.54. The fourth-order valence-corrected chi connectivity index (χ4v) is 3.28. The summed E-state index contributed by atoms with van der Waals surface area (Å²) in [5, 5.41) is 5.24. The van der Waals surface area contributed by atoms with Crippen molar-refractivity contribution in [2.75, 3.05) is 0 Å². The van der Waals surface area contributed by atoms with E-state index in [9.17, 15) is 0 Å². The van der Waals surface area contributed by atoms with E-state index >= 15 is 0 Å². The smallest absolute Gasteiger partial charge is 0.0514 e. The molecule has 0 aromatic heterocycles. The first-order valence-electron chi connectivity index (χ1n) is 6.61. The van der Waals surface area contributed by atoms with Gasteiger partial charge >= 0.3 is 0 Å². The van der Waals surface area contributed by atoms with Gasteiger partial charge in [0.1, 0.15) is 0 Å². The second-order valence-corrected chi connectivity index (χ2v) is 6.31. The van der Waals surface area contributed by atoms with Gasteiger partial charge in [0.15, 0.2) is 0 Å². The van der Waals surface area contributed by atoms with Crippen molar-refractivity contribution in [3.63, 3.8) is 0 Å². The second-order valence-electron chi connectivity index (χ2n) is 5.06. The maximum Gasteiger partial charge on any atom is 0.0514 e. The maximum atomic E-state index is 6.33. The Morgan fingerprint density at radius 3 is 2.30 bits per heavy atom. The highest BCUT2D eigenvalue weighted by atomic mass is 35.5. The molecule has 4 heteroatoms. The first-order valence-corrected chi connectivity index (χ1v) is 7.75. The van der Waals surface area contributed by atoms with E-state index in [0.717, 1.165) is 17.7 Å². The van der Waals surface area contributed by atoms with Crippen molar-refractivity contribution in [2.24, 2.45) is 0 Å². The standard InChI is InChI=1S/C16H14Cl3N/c17-11-7-14(18)16(15(19)8-11)13-4-2-1-3-10(13)9-20-12-5-6-12/h1-4,7-8,12,20H,5-6,9H2. The SMILES string of the molecule is Clc1cc(Cl)c(-c2ccccc2CNC2CC2)c(Cl)c1. The molecule has 1 nitrogen and oxygen atoms in total. The molecule has 3 rings (SSSR count). The molecule has 20 heavy (non-hydrogen) atoms. The molecular weight excluding hydrogens is 313 g/mol. The normalized spacial score (nSPS) is 14.6. The van der Waals surface area contributed by atoms with Crippen molar-refractivity contribution >= 4 is 34.8 Å². The summed E-state index contributed by atoms with van der Waals surface area (Å²) in [7, 11) is 0. The Morgan fingerprint density at radius 1 is 1.00 bits per heavy atom. The average Bonchev–Trinajstić information content (AvgIpc) is 3.20. The van der Waals surface area contributed by atoms with E-state index in [-0.39, 0.29) is 0 Å². The zero-order valence-electron chi connectivity index (χ0n) is 10.8. The van der Waals surface area contributed by atoms with Crippen LogP contribution in [0.5, 0.6) is 0 Å². The highest BCUT2D eigenvalue weighted by Gasteiger charge is 2.21. The van der Waals surface area contributed by atoms with Gasteiger partial charge in [0.05, 0.1) is 10.0 Å². The number of halogens is 3. The van der Waals surface area contributed by atoms with E-state index in [1.807, 2.05) is 18.2 Å². The largest absolute Gasteiger partial charge is 0.310 e. The zero-order valence-corrected chi connectivity index (χ0v) is 13.1. The summed E-state index contributed by atoms with van der Waals surface area (Å²) in [6, 6.07) is 12.3. The maximum absolute atomic E-state index is 6.33. The molecule has 104 valence electrons. The molecule has 2 aromatic carbocycles. The molecule has 0 aliphatic heterocycles. The lowest BCUT2D eigenvalue weighted by atomic mass is 9.99. The average molecular weight is 327 g/mol. The Kier molecular flexibility index (Phi) is 4.23. The highest BCUT2D eigenvalue weighted by molar-refractivity contribution is 6.41. The van der Waals surface area contributed by atoms with Gasteiger partial charge < -0.3 is 5.32 Å². The van der Waals surface area contributed by atoms with Gasteiger partial charge in [-0.1, -0.05) is 59.1 Å². The summed E-state index contributed by atoms with van der Waals surface area (Å²) >= 11 is 18.6. The van der Waals surface area contributed by atoms with E-state index in [2.05, 4.69) is 11.4 Å². The Hall–Kier alpha value is -0.730. The summed E-state index contributed by atoms with van der Waals surface area (Å²) < 4.78 is 0. The minimum atomic E-state index is 0.553. The van der Waals surface area contributed by atoms with Crippen molar-refractivity contribution in [3.8, 4) is 11.1 Å². The van der Waals surface area contributed by atoms with Crippen LogP contribution >= 0.6 is 34.8 Å². The summed E-state index contributed by atoms with van der Waals surface area (Å²) in [5.74, 6) is 0. The van der Waals surface area contributed by atoms with Crippen LogP contribution in [0, 0.1) is 0 Å². The first kappa shape index (κ1) is 14.2. The van der Waals surface area contributed by atoms with Crippen LogP contribution in [0.15, 0.2) is 36.4 Å². The monoisotopic (exact) mass is 325 g/mol. The van der Waals surface area contributed by atoms with Crippen molar-refractivity contribution in [1.82, 2.24) is 5.32 Å². The molecule has 0 spiro atoms. The first-order chi connectivity index (χ1) is 9.65. The van der Waals surface area contributed by atoms with Gasteiger partial charge in [-0.3, -0.25) is 0 Å². The third-order valence-electron chi connectivity index (χ3n) is 3.45. The molecule has 2 aromatic rings. The van der Waals surface area contributed by atoms with Gasteiger partial charge in [-0.25, -0.2) is 0 Å². The predicted molar refractivity (Wildman–Crippen MR) is 86.8 cm³/mol. The van der Waals surface area contributed by atoms with Gasteiger partial charge in [0, 0.05) is 23.2 Å². The molecule has 1 aliphatic rings. The molecule has 0 bridgehead atoms. The van der Waals surface area contributed by atoms with Crippen LogP contribution in [-0.4, -0.2) is 6.04 Å². The molecule has 1 aliphatic carbocycles. The van der Waals surface area contributed by atoms with Crippen molar-refractivity contribution < 1.29 is 0 Å². The van der Waals surface area contributed by atoms with Gasteiger partial charge in [-0.15, -0.1) is 0 Å². The van der Waals surface area contributed by atoms with Gasteiger partial charge in [0.25, 0.3) is 0 Å². The van der Waals surface area contributed by atoms with E-state index < -0.39 is 0 Å². The Bertz CT molecular complexity index is 612. The number of hydrogen-bond donors (Lipinski definition) is 1. The van der Waals surface area contributed by atoms with Crippen molar-refractivity contribution in [1.29, 1.82) is 0 Å². The lowest BCUT2D eigenvalue weighted by Crippen LogP contribution is -2.15. The van der Waals surface area contributed by atoms with Crippen molar-refractivity contribution in [3.05, 3.63) is 57.0 Å². The molecule has 0 saturated heterocycles. The topological polar surface area (TPSA) is 12.0 Å². The number of nitrogens with one attached hydrogen (secondary N) is 1. The second kappa shape index (κ2) is 5.95. The summed E-state index contributed by atoms with van der Waals surface area (Å²) in [5.41, 5.74) is 3.11. The fourth-order valence-electron chi connectivity index (χ4n) is 2.26. The van der Waals surface area contributed by atoms with E-state index in [1.165, 1.54) is 18.4 Å². The Morgan fingerprint density at radius 2 is 1.65 bits per heavy atom. The van der Waals surface area contributed by atoms with Crippen LogP contribution in [0.2, 0.25) is 15.1 Å². The van der Waals surface area contributed by atoms with Crippen LogP contribution in [0.1, 0.15) is 18.4 Å². The van der Waals surface area contributed by atoms with Crippen LogP contribution in [0.3, 0.4) is 0 Å². The molecule has 1 saturated carbocycles. The van der Waals surface area contributed by atoms with Crippen LogP contribution in [0.4, 0.5) is 0 Å². The quantitative estimate of drug-likeness (QED) is 0.775. The zero-order chi connectivity index (χ0) is 14.1. The summed E-state index contributed by atoms with van der Waals surface area (Å²) in [4.78, 5) is 0. The van der Waals surface area contributed by atoms with Crippen LogP contribution in [0.25, 0.3) is 11.1 Å². The van der Waals surface area contributed by atoms with Gasteiger partial charge in [-0.2, -0.15) is 0 Å². The molecule has 1 fully saturated rings. The fraction of sp³-hybridized carbons (Fsp3) is 0.250. The van der Waals surface area contributed by atoms with E-state index in [1.54, 1.807) is 12.1 Å². The van der Waals surface area contributed by atoms with Crippen LogP contribution in [-0.2, 0) is 6.54 Å². The molecule has 0 atom stereocenters. The van der Waals surface area contributed by atoms with Crippen molar-refractivity contribution in [2.45, 2.75) is 25.4 Å². The Balaban J connectivity index is 2.00. The lowest BCUT2D eigenvalue weighted by Gasteiger charge is -2.13. The minimum absolute atomic E-state index is 0.553. The van der Waals surface area contributed by atoms with Gasteiger partial charge in [0.2, 0.25) is 0 Å².